The van der Waals surface area contributed by atoms with Crippen molar-refractivity contribution in [1.29, 1.82) is 0 Å². The van der Waals surface area contributed by atoms with Crippen molar-refractivity contribution in [2.24, 2.45) is 5.41 Å². The van der Waals surface area contributed by atoms with Crippen molar-refractivity contribution < 1.29 is 9.90 Å². The first-order chi connectivity index (χ1) is 8.27. The van der Waals surface area contributed by atoms with Gasteiger partial charge in [0.05, 0.1) is 17.0 Å². The number of amides is 1. The lowest BCUT2D eigenvalue weighted by atomic mass is 9.79. The SMILES string of the molecule is CCc1ccc(C(=O)N2CC(C)(C)[C@@](C)(O)C2)s1. The Hall–Kier alpha value is -0.870. The van der Waals surface area contributed by atoms with Gasteiger partial charge in [-0.15, -0.1) is 11.3 Å². The fourth-order valence-corrected chi connectivity index (χ4v) is 3.19. The molecule has 0 bridgehead atoms. The highest BCUT2D eigenvalue weighted by atomic mass is 32.1. The van der Waals surface area contributed by atoms with E-state index in [0.29, 0.717) is 13.1 Å². The van der Waals surface area contributed by atoms with E-state index in [9.17, 15) is 9.90 Å². The van der Waals surface area contributed by atoms with E-state index in [1.807, 2.05) is 32.9 Å². The summed E-state index contributed by atoms with van der Waals surface area (Å²) in [6.07, 6.45) is 0.959. The molecule has 1 aromatic heterocycles. The first-order valence-corrected chi connectivity index (χ1v) is 7.19. The molecule has 18 heavy (non-hydrogen) atoms. The minimum absolute atomic E-state index is 0.0468. The van der Waals surface area contributed by atoms with E-state index in [4.69, 9.17) is 0 Å². The van der Waals surface area contributed by atoms with Gasteiger partial charge in [0.2, 0.25) is 0 Å². The first kappa shape index (κ1) is 13.6. The number of β-amino-alcohol motifs (C(OH)–C–C–N with tert-alkyl or cyclic N) is 1. The molecule has 0 aliphatic carbocycles. The molecule has 100 valence electrons. The van der Waals surface area contributed by atoms with Crippen LogP contribution in [0.5, 0.6) is 0 Å². The fourth-order valence-electron chi connectivity index (χ4n) is 2.27. The Bertz CT molecular complexity index is 446. The smallest absolute Gasteiger partial charge is 0.264 e. The lowest BCUT2D eigenvalue weighted by Crippen LogP contribution is -2.40. The van der Waals surface area contributed by atoms with Crippen LogP contribution < -0.4 is 0 Å². The number of nitrogens with zero attached hydrogens (tertiary/aromatic N) is 1. The summed E-state index contributed by atoms with van der Waals surface area (Å²) in [4.78, 5) is 16.1. The average Bonchev–Trinajstić information content (AvgIpc) is 2.81. The molecule has 1 aliphatic heterocycles. The lowest BCUT2D eigenvalue weighted by Gasteiger charge is -2.30. The van der Waals surface area contributed by atoms with Crippen LogP contribution in [-0.4, -0.2) is 34.6 Å². The Labute approximate surface area is 112 Å². The number of thiophene rings is 1. The second kappa shape index (κ2) is 4.35. The summed E-state index contributed by atoms with van der Waals surface area (Å²) in [5.74, 6) is 0.0468. The van der Waals surface area contributed by atoms with E-state index in [0.717, 1.165) is 11.3 Å². The summed E-state index contributed by atoms with van der Waals surface area (Å²) in [6, 6.07) is 3.91. The topological polar surface area (TPSA) is 40.5 Å². The van der Waals surface area contributed by atoms with Crippen molar-refractivity contribution in [2.45, 2.75) is 39.7 Å². The molecule has 0 saturated carbocycles. The van der Waals surface area contributed by atoms with E-state index in [1.165, 1.54) is 4.88 Å². The zero-order chi connectivity index (χ0) is 13.6. The second-order valence-corrected chi connectivity index (χ2v) is 7.11. The van der Waals surface area contributed by atoms with Gasteiger partial charge in [-0.25, -0.2) is 0 Å². The van der Waals surface area contributed by atoms with Gasteiger partial charge in [0.1, 0.15) is 0 Å². The minimum atomic E-state index is -0.812. The number of hydrogen-bond donors (Lipinski definition) is 1. The highest BCUT2D eigenvalue weighted by Crippen LogP contribution is 2.39. The molecule has 1 N–H and O–H groups in total. The largest absolute Gasteiger partial charge is 0.388 e. The Morgan fingerprint density at radius 2 is 2.06 bits per heavy atom. The quantitative estimate of drug-likeness (QED) is 0.894. The molecule has 0 spiro atoms. The highest BCUT2D eigenvalue weighted by molar-refractivity contribution is 7.14. The zero-order valence-electron chi connectivity index (χ0n) is 11.5. The second-order valence-electron chi connectivity index (χ2n) is 5.94. The fraction of sp³-hybridized carbons (Fsp3) is 0.643. The van der Waals surface area contributed by atoms with Crippen molar-refractivity contribution in [3.63, 3.8) is 0 Å². The zero-order valence-corrected chi connectivity index (χ0v) is 12.3. The van der Waals surface area contributed by atoms with Crippen molar-refractivity contribution in [3.8, 4) is 0 Å². The van der Waals surface area contributed by atoms with Crippen LogP contribution >= 0.6 is 11.3 Å². The lowest BCUT2D eigenvalue weighted by molar-refractivity contribution is -0.0108. The van der Waals surface area contributed by atoms with Crippen molar-refractivity contribution in [1.82, 2.24) is 4.90 Å². The Kier molecular flexibility index (Phi) is 3.28. The van der Waals surface area contributed by atoms with Crippen molar-refractivity contribution >= 4 is 17.2 Å². The monoisotopic (exact) mass is 267 g/mol. The molecule has 1 atom stereocenters. The van der Waals surface area contributed by atoms with E-state index in [1.54, 1.807) is 16.2 Å². The molecule has 4 heteroatoms. The third-order valence-electron chi connectivity index (χ3n) is 4.05. The number of carbonyl (C=O) groups is 1. The van der Waals surface area contributed by atoms with Gasteiger partial charge in [-0.3, -0.25) is 4.79 Å². The van der Waals surface area contributed by atoms with Gasteiger partial charge in [0.15, 0.2) is 0 Å². The van der Waals surface area contributed by atoms with Crippen LogP contribution in [0.15, 0.2) is 12.1 Å². The van der Waals surface area contributed by atoms with Crippen LogP contribution in [0.25, 0.3) is 0 Å². The Morgan fingerprint density at radius 3 is 2.50 bits per heavy atom. The minimum Gasteiger partial charge on any atom is -0.388 e. The van der Waals surface area contributed by atoms with E-state index < -0.39 is 5.60 Å². The maximum Gasteiger partial charge on any atom is 0.264 e. The molecule has 1 saturated heterocycles. The Morgan fingerprint density at radius 1 is 1.39 bits per heavy atom. The van der Waals surface area contributed by atoms with Crippen LogP contribution in [0.4, 0.5) is 0 Å². The Balaban J connectivity index is 2.17. The van der Waals surface area contributed by atoms with Gasteiger partial charge < -0.3 is 10.0 Å². The number of aryl methyl sites for hydroxylation is 1. The molecule has 2 rings (SSSR count). The summed E-state index contributed by atoms with van der Waals surface area (Å²) < 4.78 is 0. The maximum atomic E-state index is 12.4. The standard InChI is InChI=1S/C14H21NO2S/c1-5-10-6-7-11(18-10)12(16)15-8-13(2,3)14(4,17)9-15/h6-7,17H,5,8-9H2,1-4H3/t14-/m0/s1. The molecule has 0 unspecified atom stereocenters. The van der Waals surface area contributed by atoms with Gasteiger partial charge in [-0.05, 0) is 25.5 Å². The predicted molar refractivity (Wildman–Crippen MR) is 74.0 cm³/mol. The molecule has 3 nitrogen and oxygen atoms in total. The van der Waals surface area contributed by atoms with Gasteiger partial charge >= 0.3 is 0 Å². The average molecular weight is 267 g/mol. The summed E-state index contributed by atoms with van der Waals surface area (Å²) >= 11 is 1.56. The summed E-state index contributed by atoms with van der Waals surface area (Å²) in [5.41, 5.74) is -1.07. The van der Waals surface area contributed by atoms with Crippen LogP contribution in [0.2, 0.25) is 0 Å². The number of rotatable bonds is 2. The summed E-state index contributed by atoms with van der Waals surface area (Å²) in [7, 11) is 0. The van der Waals surface area contributed by atoms with Crippen LogP contribution in [0, 0.1) is 5.41 Å². The molecular weight excluding hydrogens is 246 g/mol. The van der Waals surface area contributed by atoms with Gasteiger partial charge in [-0.1, -0.05) is 20.8 Å². The maximum absolute atomic E-state index is 12.4. The van der Waals surface area contributed by atoms with Crippen LogP contribution in [0.3, 0.4) is 0 Å². The molecular formula is C14H21NO2S. The highest BCUT2D eigenvalue weighted by Gasteiger charge is 2.49. The predicted octanol–water partition coefficient (Wildman–Crippen LogP) is 2.54. The molecule has 0 aromatic carbocycles. The van der Waals surface area contributed by atoms with Gasteiger partial charge in [0, 0.05) is 16.8 Å². The van der Waals surface area contributed by atoms with Crippen LogP contribution in [0.1, 0.15) is 42.2 Å². The molecule has 1 aliphatic rings. The van der Waals surface area contributed by atoms with Crippen molar-refractivity contribution in [2.75, 3.05) is 13.1 Å². The van der Waals surface area contributed by atoms with Crippen LogP contribution in [-0.2, 0) is 6.42 Å². The van der Waals surface area contributed by atoms with E-state index >= 15 is 0 Å². The third-order valence-corrected chi connectivity index (χ3v) is 5.27. The number of hydrogen-bond acceptors (Lipinski definition) is 3. The van der Waals surface area contributed by atoms with Gasteiger partial charge in [0.25, 0.3) is 5.91 Å². The molecule has 1 amide bonds. The molecule has 0 radical (unpaired) electrons. The summed E-state index contributed by atoms with van der Waals surface area (Å²) in [5, 5.41) is 10.3. The number of carbonyl (C=O) groups excluding carboxylic acids is 1. The first-order valence-electron chi connectivity index (χ1n) is 6.37. The normalized spacial score (nSPS) is 26.6. The summed E-state index contributed by atoms with van der Waals surface area (Å²) in [6.45, 7) is 8.94. The van der Waals surface area contributed by atoms with E-state index in [-0.39, 0.29) is 11.3 Å². The number of aliphatic hydroxyl groups is 1. The third kappa shape index (κ3) is 2.19. The molecule has 1 aromatic rings. The number of likely N-dealkylation sites (tertiary alicyclic amines) is 1. The van der Waals surface area contributed by atoms with Gasteiger partial charge in [-0.2, -0.15) is 0 Å². The van der Waals surface area contributed by atoms with E-state index in [2.05, 4.69) is 6.92 Å². The van der Waals surface area contributed by atoms with Crippen molar-refractivity contribution in [3.05, 3.63) is 21.9 Å². The molecule has 2 heterocycles. The molecule has 1 fully saturated rings.